The number of hydrogen-bond acceptors (Lipinski definition) is 4. The van der Waals surface area contributed by atoms with Gasteiger partial charge in [0, 0.05) is 31.2 Å². The summed E-state index contributed by atoms with van der Waals surface area (Å²) in [5, 5.41) is 3.91. The van der Waals surface area contributed by atoms with Gasteiger partial charge < -0.3 is 9.42 Å². The summed E-state index contributed by atoms with van der Waals surface area (Å²) < 4.78 is 5.15. The molecule has 5 heteroatoms. The van der Waals surface area contributed by atoms with E-state index in [-0.39, 0.29) is 5.91 Å². The van der Waals surface area contributed by atoms with Crippen LogP contribution >= 0.6 is 0 Å². The van der Waals surface area contributed by atoms with Crippen LogP contribution in [-0.4, -0.2) is 52.1 Å². The molecule has 2 saturated heterocycles. The average molecular weight is 277 g/mol. The van der Waals surface area contributed by atoms with Crippen LogP contribution in [0.2, 0.25) is 0 Å². The molecule has 0 radical (unpaired) electrons. The van der Waals surface area contributed by atoms with Crippen LogP contribution in [-0.2, 0) is 0 Å². The number of carbonyl (C=O) groups is 1. The molecule has 2 fully saturated rings. The maximum atomic E-state index is 12.8. The third-order valence-electron chi connectivity index (χ3n) is 4.72. The molecular formula is C15H23N3O2. The first kappa shape index (κ1) is 13.6. The Morgan fingerprint density at radius 2 is 1.85 bits per heavy atom. The summed E-state index contributed by atoms with van der Waals surface area (Å²) in [7, 11) is 0. The highest BCUT2D eigenvalue weighted by Gasteiger charge is 2.44. The highest BCUT2D eigenvalue weighted by atomic mass is 16.5. The van der Waals surface area contributed by atoms with E-state index in [4.69, 9.17) is 4.52 Å². The van der Waals surface area contributed by atoms with Gasteiger partial charge in [0.1, 0.15) is 11.3 Å². The molecule has 0 saturated carbocycles. The monoisotopic (exact) mass is 277 g/mol. The minimum Gasteiger partial charge on any atom is -0.361 e. The molecule has 1 amide bonds. The lowest BCUT2D eigenvalue weighted by atomic mass is 10.1. The van der Waals surface area contributed by atoms with Gasteiger partial charge in [0.2, 0.25) is 0 Å². The van der Waals surface area contributed by atoms with Gasteiger partial charge in [0.25, 0.3) is 5.91 Å². The molecule has 1 aromatic rings. The SMILES string of the molecule is Cc1noc(C)c1C(=O)N1C2CCC1CN(C(C)C)C2. The summed E-state index contributed by atoms with van der Waals surface area (Å²) in [5.74, 6) is 0.746. The first-order chi connectivity index (χ1) is 9.49. The van der Waals surface area contributed by atoms with Crippen LogP contribution in [0, 0.1) is 13.8 Å². The van der Waals surface area contributed by atoms with Crippen LogP contribution in [0.25, 0.3) is 0 Å². The van der Waals surface area contributed by atoms with Gasteiger partial charge in [-0.2, -0.15) is 0 Å². The number of rotatable bonds is 2. The summed E-state index contributed by atoms with van der Waals surface area (Å²) in [5.41, 5.74) is 1.37. The van der Waals surface area contributed by atoms with E-state index in [2.05, 4.69) is 28.8 Å². The van der Waals surface area contributed by atoms with Crippen LogP contribution in [0.15, 0.2) is 4.52 Å². The zero-order chi connectivity index (χ0) is 14.4. The van der Waals surface area contributed by atoms with E-state index in [1.54, 1.807) is 0 Å². The molecule has 2 unspecified atom stereocenters. The van der Waals surface area contributed by atoms with Crippen molar-refractivity contribution in [3.05, 3.63) is 17.0 Å². The lowest BCUT2D eigenvalue weighted by Gasteiger charge is -2.42. The van der Waals surface area contributed by atoms with E-state index < -0.39 is 0 Å². The lowest BCUT2D eigenvalue weighted by Crippen LogP contribution is -2.57. The Bertz CT molecular complexity index is 490. The second-order valence-electron chi connectivity index (χ2n) is 6.34. The quantitative estimate of drug-likeness (QED) is 0.829. The molecule has 0 aromatic carbocycles. The molecule has 110 valence electrons. The summed E-state index contributed by atoms with van der Waals surface area (Å²) in [6.07, 6.45) is 2.23. The van der Waals surface area contributed by atoms with Crippen molar-refractivity contribution < 1.29 is 9.32 Å². The standard InChI is InChI=1S/C15H23N3O2/c1-9(2)17-7-12-5-6-13(8-17)18(12)15(19)14-10(3)16-20-11(14)4/h9,12-13H,5-8H2,1-4H3. The number of hydrogen-bond donors (Lipinski definition) is 0. The van der Waals surface area contributed by atoms with Gasteiger partial charge in [-0.05, 0) is 40.5 Å². The van der Waals surface area contributed by atoms with E-state index in [0.29, 0.717) is 35.1 Å². The largest absolute Gasteiger partial charge is 0.361 e. The van der Waals surface area contributed by atoms with Crippen molar-refractivity contribution in [3.63, 3.8) is 0 Å². The number of aryl methyl sites for hydroxylation is 2. The number of amides is 1. The summed E-state index contributed by atoms with van der Waals surface area (Å²) in [6, 6.07) is 1.24. The van der Waals surface area contributed by atoms with Gasteiger partial charge in [-0.15, -0.1) is 0 Å². The Morgan fingerprint density at radius 1 is 1.25 bits per heavy atom. The van der Waals surface area contributed by atoms with E-state index >= 15 is 0 Å². The Hall–Kier alpha value is -1.36. The maximum absolute atomic E-state index is 12.8. The molecule has 3 heterocycles. The predicted octanol–water partition coefficient (Wildman–Crippen LogP) is 1.99. The molecular weight excluding hydrogens is 254 g/mol. The number of fused-ring (bicyclic) bond motifs is 2. The molecule has 0 aliphatic carbocycles. The third-order valence-corrected chi connectivity index (χ3v) is 4.72. The summed E-state index contributed by atoms with van der Waals surface area (Å²) in [6.45, 7) is 10.1. The molecule has 2 atom stereocenters. The van der Waals surface area contributed by atoms with Crippen LogP contribution < -0.4 is 0 Å². The van der Waals surface area contributed by atoms with Crippen molar-refractivity contribution in [1.29, 1.82) is 0 Å². The molecule has 0 spiro atoms. The van der Waals surface area contributed by atoms with Crippen molar-refractivity contribution in [3.8, 4) is 0 Å². The average Bonchev–Trinajstić information content (AvgIpc) is 2.86. The lowest BCUT2D eigenvalue weighted by molar-refractivity contribution is 0.0347. The van der Waals surface area contributed by atoms with Gasteiger partial charge in [0.15, 0.2) is 0 Å². The van der Waals surface area contributed by atoms with Crippen LogP contribution in [0.4, 0.5) is 0 Å². The van der Waals surface area contributed by atoms with E-state index in [0.717, 1.165) is 25.9 Å². The fraction of sp³-hybridized carbons (Fsp3) is 0.733. The Kier molecular flexibility index (Phi) is 3.32. The van der Waals surface area contributed by atoms with E-state index in [9.17, 15) is 4.79 Å². The van der Waals surface area contributed by atoms with Gasteiger partial charge in [-0.25, -0.2) is 0 Å². The summed E-state index contributed by atoms with van der Waals surface area (Å²) >= 11 is 0. The van der Waals surface area contributed by atoms with Gasteiger partial charge in [0.05, 0.1) is 5.69 Å². The number of carbonyl (C=O) groups excluding carboxylic acids is 1. The molecule has 20 heavy (non-hydrogen) atoms. The first-order valence-electron chi connectivity index (χ1n) is 7.48. The second-order valence-corrected chi connectivity index (χ2v) is 6.34. The first-order valence-corrected chi connectivity index (χ1v) is 7.48. The fourth-order valence-corrected chi connectivity index (χ4v) is 3.61. The Labute approximate surface area is 119 Å². The number of aromatic nitrogens is 1. The smallest absolute Gasteiger partial charge is 0.259 e. The highest BCUT2D eigenvalue weighted by Crippen LogP contribution is 2.33. The molecule has 2 aliphatic rings. The summed E-state index contributed by atoms with van der Waals surface area (Å²) in [4.78, 5) is 17.4. The van der Waals surface area contributed by atoms with Crippen LogP contribution in [0.1, 0.15) is 48.5 Å². The topological polar surface area (TPSA) is 49.6 Å². The maximum Gasteiger partial charge on any atom is 0.259 e. The fourth-order valence-electron chi connectivity index (χ4n) is 3.61. The Balaban J connectivity index is 1.84. The number of piperazine rings is 1. The zero-order valence-corrected chi connectivity index (χ0v) is 12.7. The number of likely N-dealkylation sites (tertiary alicyclic amines) is 1. The minimum absolute atomic E-state index is 0.108. The van der Waals surface area contributed by atoms with Crippen molar-refractivity contribution >= 4 is 5.91 Å². The highest BCUT2D eigenvalue weighted by molar-refractivity contribution is 5.96. The second kappa shape index (κ2) is 4.88. The molecule has 2 bridgehead atoms. The molecule has 1 aromatic heterocycles. The van der Waals surface area contributed by atoms with E-state index in [1.165, 1.54) is 0 Å². The van der Waals surface area contributed by atoms with Crippen LogP contribution in [0.3, 0.4) is 0 Å². The van der Waals surface area contributed by atoms with Crippen molar-refractivity contribution in [2.24, 2.45) is 0 Å². The van der Waals surface area contributed by atoms with Crippen molar-refractivity contribution in [2.45, 2.75) is 58.7 Å². The normalized spacial score (nSPS) is 26.6. The molecule has 0 N–H and O–H groups in total. The van der Waals surface area contributed by atoms with E-state index in [1.807, 2.05) is 13.8 Å². The zero-order valence-electron chi connectivity index (χ0n) is 12.7. The Morgan fingerprint density at radius 3 is 2.30 bits per heavy atom. The van der Waals surface area contributed by atoms with Gasteiger partial charge in [-0.1, -0.05) is 5.16 Å². The number of nitrogens with zero attached hydrogens (tertiary/aromatic N) is 3. The van der Waals surface area contributed by atoms with Crippen molar-refractivity contribution in [2.75, 3.05) is 13.1 Å². The van der Waals surface area contributed by atoms with Crippen molar-refractivity contribution in [1.82, 2.24) is 15.0 Å². The molecule has 3 rings (SSSR count). The van der Waals surface area contributed by atoms with Gasteiger partial charge >= 0.3 is 0 Å². The minimum atomic E-state index is 0.108. The third kappa shape index (κ3) is 2.04. The van der Waals surface area contributed by atoms with Gasteiger partial charge in [-0.3, -0.25) is 9.69 Å². The molecule has 5 nitrogen and oxygen atoms in total. The molecule has 2 aliphatic heterocycles. The predicted molar refractivity (Wildman–Crippen MR) is 75.7 cm³/mol. The van der Waals surface area contributed by atoms with Crippen LogP contribution in [0.5, 0.6) is 0 Å².